The molecule has 1 heterocycles. The number of hydrogen-bond acceptors (Lipinski definition) is 4. The summed E-state index contributed by atoms with van der Waals surface area (Å²) in [5.74, 6) is -0.416. The summed E-state index contributed by atoms with van der Waals surface area (Å²) < 4.78 is 11.4. The summed E-state index contributed by atoms with van der Waals surface area (Å²) in [6.45, 7) is 2.02. The highest BCUT2D eigenvalue weighted by Crippen LogP contribution is 2.29. The molecule has 4 nitrogen and oxygen atoms in total. The van der Waals surface area contributed by atoms with Crippen LogP contribution in [-0.2, 0) is 27.1 Å². The van der Waals surface area contributed by atoms with Crippen LogP contribution in [0.15, 0.2) is 72.0 Å². The van der Waals surface area contributed by atoms with Crippen LogP contribution in [0.2, 0.25) is 0 Å². The third-order valence-electron chi connectivity index (χ3n) is 4.48. The summed E-state index contributed by atoms with van der Waals surface area (Å²) in [6, 6.07) is 19.9. The lowest BCUT2D eigenvalue weighted by molar-refractivity contribution is -0.142. The molecule has 0 saturated carbocycles. The van der Waals surface area contributed by atoms with Crippen LogP contribution in [0.4, 0.5) is 0 Å². The van der Waals surface area contributed by atoms with Gasteiger partial charge < -0.3 is 14.6 Å². The van der Waals surface area contributed by atoms with E-state index in [1.807, 2.05) is 60.7 Å². The quantitative estimate of drug-likeness (QED) is 0.798. The normalized spacial score (nSPS) is 20.0. The molecule has 1 aliphatic heterocycles. The maximum absolute atomic E-state index is 12.4. The Hall–Kier alpha value is -2.59. The van der Waals surface area contributed by atoms with E-state index >= 15 is 0 Å². The number of aliphatic hydroxyl groups is 1. The van der Waals surface area contributed by atoms with E-state index in [1.165, 1.54) is 0 Å². The van der Waals surface area contributed by atoms with Crippen LogP contribution < -0.4 is 0 Å². The minimum Gasteiger partial charge on any atom is -0.512 e. The highest BCUT2D eigenvalue weighted by Gasteiger charge is 2.35. The second-order valence-corrected chi connectivity index (χ2v) is 6.41. The fourth-order valence-corrected chi connectivity index (χ4v) is 3.29. The molecule has 0 aromatic heterocycles. The first-order chi connectivity index (χ1) is 12.7. The lowest BCUT2D eigenvalue weighted by Crippen LogP contribution is -2.37. The lowest BCUT2D eigenvalue weighted by Gasteiger charge is -2.31. The molecule has 1 aliphatic rings. The maximum atomic E-state index is 12.4. The molecule has 3 rings (SSSR count). The van der Waals surface area contributed by atoms with Crippen molar-refractivity contribution in [2.24, 2.45) is 0 Å². The topological polar surface area (TPSA) is 55.8 Å². The Morgan fingerprint density at radius 3 is 2.19 bits per heavy atom. The molecule has 0 fully saturated rings. The van der Waals surface area contributed by atoms with E-state index in [4.69, 9.17) is 9.47 Å². The van der Waals surface area contributed by atoms with Gasteiger partial charge in [0.1, 0.15) is 11.3 Å². The number of benzene rings is 2. The molecule has 26 heavy (non-hydrogen) atoms. The summed E-state index contributed by atoms with van der Waals surface area (Å²) in [5, 5.41) is 10.6. The summed E-state index contributed by atoms with van der Waals surface area (Å²) in [6.07, 6.45) is 0.827. The van der Waals surface area contributed by atoms with Gasteiger partial charge in [0.2, 0.25) is 0 Å². The van der Waals surface area contributed by atoms with Crippen molar-refractivity contribution in [2.75, 3.05) is 6.61 Å². The molecule has 2 atom stereocenters. The van der Waals surface area contributed by atoms with Gasteiger partial charge in [0.15, 0.2) is 0 Å². The molecule has 136 valence electrons. The average Bonchev–Trinajstić information content (AvgIpc) is 2.63. The summed E-state index contributed by atoms with van der Waals surface area (Å²) in [7, 11) is 0. The van der Waals surface area contributed by atoms with Gasteiger partial charge >= 0.3 is 5.97 Å². The minimum absolute atomic E-state index is 0.0802. The number of hydrogen-bond donors (Lipinski definition) is 1. The highest BCUT2D eigenvalue weighted by molar-refractivity contribution is 5.90. The molecule has 4 heteroatoms. The highest BCUT2D eigenvalue weighted by atomic mass is 16.5. The number of carbonyl (C=O) groups excluding carboxylic acids is 1. The molecule has 2 aromatic rings. The number of aliphatic hydroxyl groups excluding tert-OH is 1. The van der Waals surface area contributed by atoms with E-state index in [0.29, 0.717) is 19.3 Å². The van der Waals surface area contributed by atoms with Crippen LogP contribution in [0.1, 0.15) is 24.5 Å². The second kappa shape index (κ2) is 8.68. The Morgan fingerprint density at radius 1 is 1.04 bits per heavy atom. The number of esters is 1. The number of carbonyl (C=O) groups is 1. The zero-order chi connectivity index (χ0) is 18.4. The SMILES string of the molecule is CCOC(=O)C1=C(O)C[C@H](Cc2ccccc2)O[C@@H]1Cc1ccccc1. The van der Waals surface area contributed by atoms with Crippen molar-refractivity contribution in [2.45, 2.75) is 38.4 Å². The molecule has 2 aromatic carbocycles. The van der Waals surface area contributed by atoms with Gasteiger partial charge in [0.25, 0.3) is 0 Å². The molecular weight excluding hydrogens is 328 g/mol. The van der Waals surface area contributed by atoms with Crippen molar-refractivity contribution in [3.8, 4) is 0 Å². The van der Waals surface area contributed by atoms with Gasteiger partial charge in [-0.25, -0.2) is 4.79 Å². The van der Waals surface area contributed by atoms with Gasteiger partial charge in [0.05, 0.1) is 18.8 Å². The molecule has 0 bridgehead atoms. The van der Waals surface area contributed by atoms with Gasteiger partial charge in [-0.05, 0) is 24.5 Å². The molecular formula is C22H24O4. The third kappa shape index (κ3) is 4.52. The van der Waals surface area contributed by atoms with Gasteiger partial charge in [0, 0.05) is 12.8 Å². The number of ether oxygens (including phenoxy) is 2. The average molecular weight is 352 g/mol. The fourth-order valence-electron chi connectivity index (χ4n) is 3.29. The van der Waals surface area contributed by atoms with E-state index < -0.39 is 12.1 Å². The fraction of sp³-hybridized carbons (Fsp3) is 0.318. The van der Waals surface area contributed by atoms with Crippen LogP contribution >= 0.6 is 0 Å². The predicted molar refractivity (Wildman–Crippen MR) is 99.9 cm³/mol. The van der Waals surface area contributed by atoms with Crippen molar-refractivity contribution in [1.82, 2.24) is 0 Å². The van der Waals surface area contributed by atoms with Crippen molar-refractivity contribution in [3.63, 3.8) is 0 Å². The predicted octanol–water partition coefficient (Wildman–Crippen LogP) is 4.00. The number of rotatable bonds is 6. The molecule has 0 radical (unpaired) electrons. The Kier molecular flexibility index (Phi) is 6.08. The van der Waals surface area contributed by atoms with Crippen LogP contribution in [0, 0.1) is 0 Å². The van der Waals surface area contributed by atoms with Gasteiger partial charge in [-0.1, -0.05) is 60.7 Å². The van der Waals surface area contributed by atoms with Crippen molar-refractivity contribution >= 4 is 5.97 Å². The van der Waals surface area contributed by atoms with Crippen LogP contribution in [-0.4, -0.2) is 29.9 Å². The van der Waals surface area contributed by atoms with E-state index in [9.17, 15) is 9.90 Å². The lowest BCUT2D eigenvalue weighted by atomic mass is 9.93. The van der Waals surface area contributed by atoms with Crippen LogP contribution in [0.5, 0.6) is 0 Å². The first kappa shape index (κ1) is 18.2. The third-order valence-corrected chi connectivity index (χ3v) is 4.48. The van der Waals surface area contributed by atoms with Crippen LogP contribution in [0.3, 0.4) is 0 Å². The Morgan fingerprint density at radius 2 is 1.62 bits per heavy atom. The molecule has 0 saturated heterocycles. The summed E-state index contributed by atoms with van der Waals surface area (Å²) in [4.78, 5) is 12.4. The minimum atomic E-state index is -0.515. The van der Waals surface area contributed by atoms with E-state index in [0.717, 1.165) is 11.1 Å². The smallest absolute Gasteiger partial charge is 0.340 e. The van der Waals surface area contributed by atoms with E-state index in [-0.39, 0.29) is 24.0 Å². The monoisotopic (exact) mass is 352 g/mol. The van der Waals surface area contributed by atoms with Gasteiger partial charge in [-0.3, -0.25) is 0 Å². The zero-order valence-electron chi connectivity index (χ0n) is 14.9. The molecule has 0 aliphatic carbocycles. The Bertz CT molecular complexity index is 752. The zero-order valence-corrected chi connectivity index (χ0v) is 14.9. The Labute approximate surface area is 154 Å². The second-order valence-electron chi connectivity index (χ2n) is 6.41. The van der Waals surface area contributed by atoms with Crippen molar-refractivity contribution in [1.29, 1.82) is 0 Å². The maximum Gasteiger partial charge on any atom is 0.340 e. The Balaban J connectivity index is 1.83. The van der Waals surface area contributed by atoms with Gasteiger partial charge in [-0.2, -0.15) is 0 Å². The molecule has 0 amide bonds. The van der Waals surface area contributed by atoms with Crippen molar-refractivity contribution in [3.05, 3.63) is 83.1 Å². The van der Waals surface area contributed by atoms with E-state index in [2.05, 4.69) is 0 Å². The van der Waals surface area contributed by atoms with Crippen LogP contribution in [0.25, 0.3) is 0 Å². The molecule has 0 unspecified atom stereocenters. The summed E-state index contributed by atoms with van der Waals surface area (Å²) >= 11 is 0. The van der Waals surface area contributed by atoms with E-state index in [1.54, 1.807) is 6.92 Å². The van der Waals surface area contributed by atoms with Crippen molar-refractivity contribution < 1.29 is 19.4 Å². The molecule has 0 spiro atoms. The first-order valence-corrected chi connectivity index (χ1v) is 8.99. The standard InChI is InChI=1S/C22H24O4/c1-2-25-22(24)21-19(23)15-18(13-16-9-5-3-6-10-16)26-20(21)14-17-11-7-4-8-12-17/h3-12,18,20,23H,2,13-15H2,1H3/t18-,20+/m0/s1. The first-order valence-electron chi connectivity index (χ1n) is 8.99. The van der Waals surface area contributed by atoms with Gasteiger partial charge in [-0.15, -0.1) is 0 Å². The largest absolute Gasteiger partial charge is 0.512 e. The molecule has 1 N–H and O–H groups in total. The summed E-state index contributed by atoms with van der Waals surface area (Å²) in [5.41, 5.74) is 2.44.